The number of hydrogen-bond acceptors (Lipinski definition) is 3. The summed E-state index contributed by atoms with van der Waals surface area (Å²) in [5.74, 6) is 0.173. The van der Waals surface area contributed by atoms with Crippen molar-refractivity contribution in [2.24, 2.45) is 0 Å². The second-order valence-electron chi connectivity index (χ2n) is 10.4. The second kappa shape index (κ2) is 12.0. The van der Waals surface area contributed by atoms with Crippen LogP contribution in [-0.4, -0.2) is 45.5 Å². The van der Waals surface area contributed by atoms with Gasteiger partial charge in [-0.15, -0.1) is 0 Å². The van der Waals surface area contributed by atoms with Crippen molar-refractivity contribution in [1.29, 1.82) is 0 Å². The van der Waals surface area contributed by atoms with E-state index < -0.39 is 0 Å². The number of fused-ring (bicyclic) bond motifs is 1. The molecule has 6 nitrogen and oxygen atoms in total. The Morgan fingerprint density at radius 2 is 1.85 bits per heavy atom. The maximum absolute atomic E-state index is 13.3. The number of H-pyrrole nitrogens is 1. The van der Waals surface area contributed by atoms with Gasteiger partial charge in [-0.25, -0.2) is 0 Å². The highest BCUT2D eigenvalue weighted by Gasteiger charge is 2.27. The normalized spacial score (nSPS) is 14.0. The number of carbonyl (C=O) groups excluding carboxylic acids is 1. The fourth-order valence-electron chi connectivity index (χ4n) is 5.57. The number of piperidine rings is 1. The Morgan fingerprint density at radius 1 is 1.05 bits per heavy atom. The molecule has 202 valence electrons. The zero-order valence-electron chi connectivity index (χ0n) is 23.0. The first-order valence-electron chi connectivity index (χ1n) is 13.9. The molecular formula is C32H37N5OS. The number of nitrogens with one attached hydrogen (secondary N) is 3. The van der Waals surface area contributed by atoms with Gasteiger partial charge in [-0.2, -0.15) is 0 Å². The molecule has 2 aromatic carbocycles. The van der Waals surface area contributed by atoms with Crippen LogP contribution in [0.1, 0.15) is 64.1 Å². The Hall–Kier alpha value is -3.71. The minimum atomic E-state index is -0.0522. The minimum absolute atomic E-state index is 0.0522. The maximum atomic E-state index is 13.3. The maximum Gasteiger partial charge on any atom is 0.253 e. The predicted molar refractivity (Wildman–Crippen MR) is 164 cm³/mol. The lowest BCUT2D eigenvalue weighted by atomic mass is 9.90. The molecule has 1 amide bonds. The fourth-order valence-corrected chi connectivity index (χ4v) is 5.85. The topological polar surface area (TPSA) is 73.1 Å². The van der Waals surface area contributed by atoms with Gasteiger partial charge in [0.2, 0.25) is 0 Å². The first-order valence-corrected chi connectivity index (χ1v) is 14.3. The van der Waals surface area contributed by atoms with Gasteiger partial charge in [0.25, 0.3) is 5.91 Å². The van der Waals surface area contributed by atoms with E-state index in [4.69, 9.17) is 17.2 Å². The number of likely N-dealkylation sites (tertiary alicyclic amines) is 1. The molecule has 7 heteroatoms. The van der Waals surface area contributed by atoms with Gasteiger partial charge < -0.3 is 20.5 Å². The van der Waals surface area contributed by atoms with Gasteiger partial charge in [0.15, 0.2) is 5.11 Å². The number of para-hydroxylation sites is 2. The molecule has 3 heterocycles. The Labute approximate surface area is 236 Å². The fraction of sp³-hybridized carbons (Fsp3) is 0.344. The van der Waals surface area contributed by atoms with E-state index in [0.717, 1.165) is 66.5 Å². The zero-order valence-corrected chi connectivity index (χ0v) is 23.8. The Morgan fingerprint density at radius 3 is 2.64 bits per heavy atom. The van der Waals surface area contributed by atoms with E-state index in [2.05, 4.69) is 64.7 Å². The molecule has 0 radical (unpaired) electrons. The van der Waals surface area contributed by atoms with E-state index in [0.29, 0.717) is 12.1 Å². The third kappa shape index (κ3) is 5.98. The largest absolute Gasteiger partial charge is 0.361 e. The number of anilines is 1. The average molecular weight is 540 g/mol. The lowest BCUT2D eigenvalue weighted by Crippen LogP contribution is -2.41. The molecule has 0 bridgehead atoms. The van der Waals surface area contributed by atoms with Crippen LogP contribution in [0, 0.1) is 13.8 Å². The van der Waals surface area contributed by atoms with Crippen molar-refractivity contribution in [2.75, 3.05) is 25.0 Å². The number of thiocarbonyl (C=S) groups is 1. The van der Waals surface area contributed by atoms with Crippen molar-refractivity contribution < 1.29 is 4.79 Å². The number of amides is 1. The number of carbonyl (C=O) groups is 1. The smallest absolute Gasteiger partial charge is 0.253 e. The molecule has 0 saturated carbocycles. The standard InChI is InChI=1S/C32H37N5OS/c1-4-23-9-7-8-21(2)29(23)36-32(39)37-18-15-24(16-19-37)30-27(13-12-22(3)35-30)31(38)33-17-14-25-20-34-28-11-6-5-10-26(25)28/h5-13,20,24,34H,4,14-19H2,1-3H3,(H,33,38)(H,36,39). The van der Waals surface area contributed by atoms with Gasteiger partial charge >= 0.3 is 0 Å². The summed E-state index contributed by atoms with van der Waals surface area (Å²) >= 11 is 5.81. The number of aromatic nitrogens is 2. The summed E-state index contributed by atoms with van der Waals surface area (Å²) in [6.07, 6.45) is 5.57. The summed E-state index contributed by atoms with van der Waals surface area (Å²) in [6.45, 7) is 8.52. The zero-order chi connectivity index (χ0) is 27.4. The molecule has 39 heavy (non-hydrogen) atoms. The van der Waals surface area contributed by atoms with Crippen molar-refractivity contribution in [3.8, 4) is 0 Å². The molecule has 0 atom stereocenters. The summed E-state index contributed by atoms with van der Waals surface area (Å²) in [5, 5.41) is 8.63. The summed E-state index contributed by atoms with van der Waals surface area (Å²) in [5.41, 5.74) is 8.46. The monoisotopic (exact) mass is 539 g/mol. The van der Waals surface area contributed by atoms with Crippen LogP contribution in [0.25, 0.3) is 10.9 Å². The Bertz CT molecular complexity index is 1490. The lowest BCUT2D eigenvalue weighted by molar-refractivity contribution is 0.0951. The molecule has 4 aromatic rings. The van der Waals surface area contributed by atoms with E-state index in [-0.39, 0.29) is 11.8 Å². The van der Waals surface area contributed by atoms with E-state index >= 15 is 0 Å². The number of aromatic amines is 1. The van der Waals surface area contributed by atoms with Crippen LogP contribution in [0.4, 0.5) is 5.69 Å². The van der Waals surface area contributed by atoms with Gasteiger partial charge in [0.1, 0.15) is 0 Å². The van der Waals surface area contributed by atoms with Gasteiger partial charge in [0, 0.05) is 54.0 Å². The van der Waals surface area contributed by atoms with Gasteiger partial charge in [0.05, 0.1) is 11.3 Å². The van der Waals surface area contributed by atoms with E-state index in [1.54, 1.807) is 0 Å². The number of nitrogens with zero attached hydrogens (tertiary/aromatic N) is 2. The van der Waals surface area contributed by atoms with Crippen molar-refractivity contribution >= 4 is 39.8 Å². The molecule has 1 aliphatic heterocycles. The Kier molecular flexibility index (Phi) is 8.27. The highest BCUT2D eigenvalue weighted by atomic mass is 32.1. The quantitative estimate of drug-likeness (QED) is 0.241. The van der Waals surface area contributed by atoms with Crippen LogP contribution in [-0.2, 0) is 12.8 Å². The molecule has 0 spiro atoms. The second-order valence-corrected chi connectivity index (χ2v) is 10.8. The van der Waals surface area contributed by atoms with Crippen LogP contribution in [0.15, 0.2) is 60.8 Å². The molecule has 1 aliphatic rings. The number of rotatable bonds is 7. The van der Waals surface area contributed by atoms with Gasteiger partial charge in [-0.05, 0) is 86.6 Å². The van der Waals surface area contributed by atoms with Crippen molar-refractivity contribution in [3.63, 3.8) is 0 Å². The van der Waals surface area contributed by atoms with E-state index in [9.17, 15) is 4.79 Å². The lowest BCUT2D eigenvalue weighted by Gasteiger charge is -2.34. The summed E-state index contributed by atoms with van der Waals surface area (Å²) in [7, 11) is 0. The minimum Gasteiger partial charge on any atom is -0.361 e. The van der Waals surface area contributed by atoms with Crippen molar-refractivity contribution in [1.82, 2.24) is 20.2 Å². The molecular weight excluding hydrogens is 502 g/mol. The van der Waals surface area contributed by atoms with Crippen LogP contribution >= 0.6 is 12.2 Å². The van der Waals surface area contributed by atoms with Crippen molar-refractivity contribution in [3.05, 3.63) is 94.4 Å². The molecule has 3 N–H and O–H groups in total. The molecule has 0 unspecified atom stereocenters. The van der Waals surface area contributed by atoms with Gasteiger partial charge in [-0.1, -0.05) is 43.3 Å². The van der Waals surface area contributed by atoms with Crippen molar-refractivity contribution in [2.45, 2.75) is 52.4 Å². The summed E-state index contributed by atoms with van der Waals surface area (Å²) in [4.78, 5) is 23.7. The SMILES string of the molecule is CCc1cccc(C)c1NC(=S)N1CCC(c2nc(C)ccc2C(=O)NCCc2c[nH]c3ccccc23)CC1. The Balaban J connectivity index is 1.21. The first-order chi connectivity index (χ1) is 18.9. The summed E-state index contributed by atoms with van der Waals surface area (Å²) in [6, 6.07) is 18.5. The van der Waals surface area contributed by atoms with E-state index in [1.165, 1.54) is 22.1 Å². The molecule has 1 fully saturated rings. The highest BCUT2D eigenvalue weighted by molar-refractivity contribution is 7.80. The number of pyridine rings is 1. The first kappa shape index (κ1) is 26.9. The average Bonchev–Trinajstić information content (AvgIpc) is 3.37. The molecule has 1 saturated heterocycles. The number of benzene rings is 2. The van der Waals surface area contributed by atoms with Crippen LogP contribution in [0.2, 0.25) is 0 Å². The van der Waals surface area contributed by atoms with Crippen LogP contribution < -0.4 is 10.6 Å². The van der Waals surface area contributed by atoms with Gasteiger partial charge in [-0.3, -0.25) is 9.78 Å². The third-order valence-corrected chi connectivity index (χ3v) is 8.16. The number of hydrogen-bond donors (Lipinski definition) is 3. The van der Waals surface area contributed by atoms with Crippen LogP contribution in [0.3, 0.4) is 0 Å². The predicted octanol–water partition coefficient (Wildman–Crippen LogP) is 6.29. The molecule has 0 aliphatic carbocycles. The highest BCUT2D eigenvalue weighted by Crippen LogP contribution is 2.30. The third-order valence-electron chi connectivity index (χ3n) is 7.80. The molecule has 5 rings (SSSR count). The number of aryl methyl sites for hydroxylation is 3. The van der Waals surface area contributed by atoms with Crippen LogP contribution in [0.5, 0.6) is 0 Å². The molecule has 2 aromatic heterocycles. The van der Waals surface area contributed by atoms with E-state index in [1.807, 2.05) is 37.4 Å². The summed E-state index contributed by atoms with van der Waals surface area (Å²) < 4.78 is 0.